The normalized spacial score (nSPS) is 14.4. The lowest BCUT2D eigenvalue weighted by atomic mass is 10.0. The number of carbonyl (C=O) groups is 1. The number of hydrogen-bond donors (Lipinski definition) is 4. The molecule has 3 atom stereocenters. The molecule has 3 unspecified atom stereocenters. The zero-order valence-corrected chi connectivity index (χ0v) is 35.4. The minimum Gasteiger partial charge on any atom is -0.387 e. The average Bonchev–Trinajstić information content (AvgIpc) is 3.14. The average molecular weight is 769 g/mol. The Labute approximate surface area is 327 Å². The molecule has 0 saturated carbocycles. The molecule has 0 rings (SSSR count). The van der Waals surface area contributed by atoms with Gasteiger partial charge in [0.25, 0.3) is 0 Å². The number of aliphatic hydroxyl groups excluding tert-OH is 1. The molecule has 0 aliphatic carbocycles. The van der Waals surface area contributed by atoms with Crippen LogP contribution in [0, 0.1) is 0 Å². The van der Waals surface area contributed by atoms with Crippen molar-refractivity contribution < 1.29 is 28.4 Å². The summed E-state index contributed by atoms with van der Waals surface area (Å²) in [6.45, 7) is 4.11. The number of carbonyl (C=O) groups excluding carboxylic acids is 1. The molecular weight excluding hydrogens is 683 g/mol. The molecule has 0 fully saturated rings. The highest BCUT2D eigenvalue weighted by Crippen LogP contribution is 2.43. The molecule has 0 spiro atoms. The molecule has 0 aromatic rings. The van der Waals surface area contributed by atoms with Gasteiger partial charge in [-0.15, -0.1) is 0 Å². The second kappa shape index (κ2) is 40.4. The zero-order chi connectivity index (χ0) is 38.9. The maximum Gasteiger partial charge on any atom is 0.472 e. The highest BCUT2D eigenvalue weighted by atomic mass is 31.2. The van der Waals surface area contributed by atoms with E-state index >= 15 is 0 Å². The maximum absolute atomic E-state index is 12.7. The summed E-state index contributed by atoms with van der Waals surface area (Å²) in [5, 5.41) is 13.6. The van der Waals surface area contributed by atoms with Gasteiger partial charge in [0.05, 0.1) is 25.4 Å². The standard InChI is InChI=1S/C44H85N2O6P/c1-3-5-7-9-11-13-15-17-19-20-21-22-24-25-27-29-31-33-35-37-43(47)42(41-52-53(49,50)51-40-39-45)46-44(48)38-36-34-32-30-28-26-23-18-16-14-12-10-8-6-4-2/h18,23,27,29,35,37,42-43,47H,3-17,19-22,24-26,28,30-34,36,38-41,45H2,1-2H3,(H,46,48)(H,49,50)/b23-18-,29-27+,37-35+. The number of allylic oxidation sites excluding steroid dienone is 5. The lowest BCUT2D eigenvalue weighted by molar-refractivity contribution is -0.123. The van der Waals surface area contributed by atoms with E-state index in [9.17, 15) is 19.4 Å². The lowest BCUT2D eigenvalue weighted by Gasteiger charge is -2.23. The van der Waals surface area contributed by atoms with Gasteiger partial charge in [0, 0.05) is 13.0 Å². The number of unbranched alkanes of at least 4 members (excludes halogenated alkanes) is 25. The Balaban J connectivity index is 4.27. The monoisotopic (exact) mass is 769 g/mol. The van der Waals surface area contributed by atoms with Crippen molar-refractivity contribution in [1.82, 2.24) is 5.32 Å². The highest BCUT2D eigenvalue weighted by Gasteiger charge is 2.26. The van der Waals surface area contributed by atoms with Crippen molar-refractivity contribution in [2.75, 3.05) is 19.8 Å². The van der Waals surface area contributed by atoms with Gasteiger partial charge in [-0.3, -0.25) is 13.8 Å². The number of nitrogens with one attached hydrogen (secondary N) is 1. The fraction of sp³-hybridized carbons (Fsp3) is 0.841. The van der Waals surface area contributed by atoms with Gasteiger partial charge in [0.15, 0.2) is 0 Å². The lowest BCUT2D eigenvalue weighted by Crippen LogP contribution is -2.45. The van der Waals surface area contributed by atoms with Crippen LogP contribution >= 0.6 is 7.82 Å². The summed E-state index contributed by atoms with van der Waals surface area (Å²) in [6.07, 6.45) is 47.7. The fourth-order valence-corrected chi connectivity index (χ4v) is 7.08. The van der Waals surface area contributed by atoms with Crippen molar-refractivity contribution in [3.05, 3.63) is 36.5 Å². The summed E-state index contributed by atoms with van der Waals surface area (Å²) in [5.41, 5.74) is 5.37. The van der Waals surface area contributed by atoms with E-state index in [2.05, 4.69) is 43.5 Å². The third-order valence-electron chi connectivity index (χ3n) is 9.69. The van der Waals surface area contributed by atoms with Gasteiger partial charge in [-0.1, -0.05) is 179 Å². The number of nitrogens with two attached hydrogens (primary N) is 1. The summed E-state index contributed by atoms with van der Waals surface area (Å²) in [5.74, 6) is -0.213. The van der Waals surface area contributed by atoms with Gasteiger partial charge in [-0.2, -0.15) is 0 Å². The quantitative estimate of drug-likeness (QED) is 0.0277. The fourth-order valence-electron chi connectivity index (χ4n) is 6.32. The maximum atomic E-state index is 12.7. The van der Waals surface area contributed by atoms with E-state index in [0.717, 1.165) is 51.4 Å². The molecule has 0 bridgehead atoms. The van der Waals surface area contributed by atoms with E-state index < -0.39 is 20.0 Å². The number of rotatable bonds is 41. The molecule has 8 nitrogen and oxygen atoms in total. The summed E-state index contributed by atoms with van der Waals surface area (Å²) in [7, 11) is -4.35. The number of amides is 1. The molecule has 9 heteroatoms. The van der Waals surface area contributed by atoms with Crippen LogP contribution in [0.25, 0.3) is 0 Å². The van der Waals surface area contributed by atoms with Gasteiger partial charge < -0.3 is 21.1 Å². The molecule has 1 amide bonds. The molecule has 0 radical (unpaired) electrons. The molecular formula is C44H85N2O6P. The largest absolute Gasteiger partial charge is 0.472 e. The summed E-state index contributed by atoms with van der Waals surface area (Å²) >= 11 is 0. The Morgan fingerprint density at radius 3 is 1.45 bits per heavy atom. The molecule has 0 saturated heterocycles. The van der Waals surface area contributed by atoms with Crippen molar-refractivity contribution in [3.63, 3.8) is 0 Å². The van der Waals surface area contributed by atoms with Crippen LogP contribution in [0.3, 0.4) is 0 Å². The Bertz CT molecular complexity index is 928. The van der Waals surface area contributed by atoms with Crippen LogP contribution in [-0.4, -0.2) is 47.8 Å². The molecule has 0 heterocycles. The van der Waals surface area contributed by atoms with Gasteiger partial charge in [-0.25, -0.2) is 4.57 Å². The summed E-state index contributed by atoms with van der Waals surface area (Å²) < 4.78 is 22.1. The van der Waals surface area contributed by atoms with Crippen LogP contribution in [0.1, 0.15) is 206 Å². The van der Waals surface area contributed by atoms with Crippen LogP contribution in [0.4, 0.5) is 0 Å². The van der Waals surface area contributed by atoms with Crippen molar-refractivity contribution in [3.8, 4) is 0 Å². The third kappa shape index (κ3) is 38.8. The Morgan fingerprint density at radius 2 is 1.00 bits per heavy atom. The van der Waals surface area contributed by atoms with E-state index in [1.54, 1.807) is 6.08 Å². The second-order valence-corrected chi connectivity index (χ2v) is 16.3. The Hall–Kier alpha value is -1.28. The molecule has 53 heavy (non-hydrogen) atoms. The van der Waals surface area contributed by atoms with Crippen molar-refractivity contribution in [2.24, 2.45) is 5.73 Å². The minimum absolute atomic E-state index is 0.0727. The topological polar surface area (TPSA) is 131 Å². The Kier molecular flexibility index (Phi) is 39.4. The molecule has 0 aliphatic rings. The van der Waals surface area contributed by atoms with Crippen molar-refractivity contribution in [1.29, 1.82) is 0 Å². The van der Waals surface area contributed by atoms with Crippen LogP contribution < -0.4 is 11.1 Å². The predicted molar refractivity (Wildman–Crippen MR) is 226 cm³/mol. The first-order chi connectivity index (χ1) is 25.9. The van der Waals surface area contributed by atoms with Crippen LogP contribution in [0.5, 0.6) is 0 Å². The number of phosphoric ester groups is 1. The van der Waals surface area contributed by atoms with Gasteiger partial charge in [0.2, 0.25) is 5.91 Å². The van der Waals surface area contributed by atoms with Gasteiger partial charge >= 0.3 is 7.82 Å². The van der Waals surface area contributed by atoms with Crippen molar-refractivity contribution >= 4 is 13.7 Å². The van der Waals surface area contributed by atoms with Gasteiger partial charge in [-0.05, 0) is 57.8 Å². The van der Waals surface area contributed by atoms with Crippen LogP contribution in [-0.2, 0) is 18.4 Å². The Morgan fingerprint density at radius 1 is 0.604 bits per heavy atom. The molecule has 0 aliphatic heterocycles. The van der Waals surface area contributed by atoms with Crippen LogP contribution in [0.15, 0.2) is 36.5 Å². The first-order valence-corrected chi connectivity index (χ1v) is 23.6. The number of aliphatic hydroxyl groups is 1. The zero-order valence-electron chi connectivity index (χ0n) is 34.5. The minimum atomic E-state index is -4.35. The third-order valence-corrected chi connectivity index (χ3v) is 10.7. The predicted octanol–water partition coefficient (Wildman–Crippen LogP) is 12.3. The van der Waals surface area contributed by atoms with Crippen LogP contribution in [0.2, 0.25) is 0 Å². The van der Waals surface area contributed by atoms with E-state index in [1.807, 2.05) is 6.08 Å². The molecule has 5 N–H and O–H groups in total. The highest BCUT2D eigenvalue weighted by molar-refractivity contribution is 7.47. The van der Waals surface area contributed by atoms with E-state index in [1.165, 1.54) is 135 Å². The van der Waals surface area contributed by atoms with E-state index in [-0.39, 0.29) is 25.7 Å². The number of phosphoric acid groups is 1. The smallest absolute Gasteiger partial charge is 0.387 e. The first kappa shape index (κ1) is 51.7. The van der Waals surface area contributed by atoms with Crippen molar-refractivity contribution in [2.45, 2.75) is 219 Å². The van der Waals surface area contributed by atoms with E-state index in [4.69, 9.17) is 14.8 Å². The second-order valence-electron chi connectivity index (χ2n) is 14.9. The SMILES string of the molecule is CCCCCCCC/C=C\CCCCCCCC(=O)NC(COP(=O)(O)OCCN)C(O)/C=C/CC/C=C/CCCCCCCCCCCCCCC. The summed E-state index contributed by atoms with van der Waals surface area (Å²) in [4.78, 5) is 22.7. The molecule has 0 aromatic carbocycles. The van der Waals surface area contributed by atoms with E-state index in [0.29, 0.717) is 6.42 Å². The molecule has 0 aromatic heterocycles. The van der Waals surface area contributed by atoms with Gasteiger partial charge in [0.1, 0.15) is 0 Å². The molecule has 312 valence electrons. The number of hydrogen-bond acceptors (Lipinski definition) is 6. The first-order valence-electron chi connectivity index (χ1n) is 22.1. The summed E-state index contributed by atoms with van der Waals surface area (Å²) in [6, 6.07) is -0.880.